The van der Waals surface area contributed by atoms with Crippen molar-refractivity contribution in [3.05, 3.63) is 48.5 Å². The number of aliphatic hydroxyl groups excluding tert-OH is 1. The maximum Gasteiger partial charge on any atom is 0.256 e. The third-order valence-electron chi connectivity index (χ3n) is 5.82. The number of hydrogen-bond acceptors (Lipinski definition) is 7. The molecule has 3 aromatic rings. The van der Waals surface area contributed by atoms with Crippen LogP contribution in [0.2, 0.25) is 0 Å². The Labute approximate surface area is 166 Å². The molecule has 0 saturated carbocycles. The Hall–Kier alpha value is -2.88. The second-order valence-electron chi connectivity index (χ2n) is 7.32. The predicted octanol–water partition coefficient (Wildman–Crippen LogP) is 1.91. The molecular weight excluding hydrogens is 374 g/mol. The molecular formula is C20H21N5O4. The van der Waals surface area contributed by atoms with E-state index in [1.165, 1.54) is 6.33 Å². The molecule has 2 aliphatic heterocycles. The fourth-order valence-corrected chi connectivity index (χ4v) is 4.16. The van der Waals surface area contributed by atoms with Gasteiger partial charge in [0.25, 0.3) is 5.91 Å². The normalized spacial score (nSPS) is 28.6. The van der Waals surface area contributed by atoms with Crippen LogP contribution in [0.1, 0.15) is 36.4 Å². The molecule has 2 N–H and O–H groups in total. The van der Waals surface area contributed by atoms with Crippen LogP contribution in [0.25, 0.3) is 11.2 Å². The molecule has 4 heterocycles. The Bertz CT molecular complexity index is 1060. The minimum atomic E-state index is -0.720. The molecule has 1 aromatic carbocycles. The molecule has 0 spiro atoms. The monoisotopic (exact) mass is 395 g/mol. The topological polar surface area (TPSA) is 111 Å². The summed E-state index contributed by atoms with van der Waals surface area (Å²) >= 11 is 0. The van der Waals surface area contributed by atoms with E-state index in [1.54, 1.807) is 35.2 Å². The third-order valence-corrected chi connectivity index (χ3v) is 5.82. The number of aliphatic hydroxyl groups is 1. The van der Waals surface area contributed by atoms with Gasteiger partial charge < -0.3 is 19.9 Å². The number of imidazole rings is 1. The highest BCUT2D eigenvalue weighted by atomic mass is 16.6. The second kappa shape index (κ2) is 6.87. The lowest BCUT2D eigenvalue weighted by Crippen LogP contribution is -2.48. The highest BCUT2D eigenvalue weighted by molar-refractivity contribution is 6.06. The largest absolute Gasteiger partial charge is 0.387 e. The van der Waals surface area contributed by atoms with Gasteiger partial charge in [0.15, 0.2) is 23.2 Å². The second-order valence-corrected chi connectivity index (χ2v) is 7.32. The summed E-state index contributed by atoms with van der Waals surface area (Å²) in [5.74, 6) is 0.0343. The summed E-state index contributed by atoms with van der Waals surface area (Å²) in [5, 5.41) is 13.5. The van der Waals surface area contributed by atoms with Crippen LogP contribution in [0.3, 0.4) is 0 Å². The van der Waals surface area contributed by atoms with Crippen LogP contribution in [0.15, 0.2) is 43.0 Å². The Balaban J connectivity index is 1.49. The number of carbonyl (C=O) groups is 1. The summed E-state index contributed by atoms with van der Waals surface area (Å²) in [7, 11) is 0. The molecule has 2 aliphatic rings. The molecule has 2 saturated heterocycles. The quantitative estimate of drug-likeness (QED) is 0.694. The first-order valence-electron chi connectivity index (χ1n) is 9.64. The van der Waals surface area contributed by atoms with Crippen molar-refractivity contribution in [3.8, 4) is 0 Å². The fourth-order valence-electron chi connectivity index (χ4n) is 4.16. The molecule has 1 amide bonds. The number of benzene rings is 1. The van der Waals surface area contributed by atoms with Crippen molar-refractivity contribution < 1.29 is 19.4 Å². The molecule has 29 heavy (non-hydrogen) atoms. The fraction of sp³-hybridized carbons (Fsp3) is 0.400. The summed E-state index contributed by atoms with van der Waals surface area (Å²) in [4.78, 5) is 25.4. The van der Waals surface area contributed by atoms with Crippen molar-refractivity contribution >= 4 is 22.9 Å². The Kier molecular flexibility index (Phi) is 4.30. The zero-order chi connectivity index (χ0) is 20.0. The lowest BCUT2D eigenvalue weighted by molar-refractivity contribution is -0.123. The van der Waals surface area contributed by atoms with Crippen LogP contribution >= 0.6 is 0 Å². The Morgan fingerprint density at radius 1 is 1.31 bits per heavy atom. The Morgan fingerprint density at radius 2 is 2.14 bits per heavy atom. The first-order chi connectivity index (χ1) is 14.1. The minimum Gasteiger partial charge on any atom is -0.387 e. The molecule has 0 aliphatic carbocycles. The molecule has 2 aromatic heterocycles. The van der Waals surface area contributed by atoms with Gasteiger partial charge in [0.2, 0.25) is 0 Å². The minimum absolute atomic E-state index is 0.281. The van der Waals surface area contributed by atoms with Gasteiger partial charge in [-0.2, -0.15) is 0 Å². The number of amides is 1. The van der Waals surface area contributed by atoms with E-state index in [9.17, 15) is 9.90 Å². The van der Waals surface area contributed by atoms with Crippen molar-refractivity contribution in [3.63, 3.8) is 0 Å². The summed E-state index contributed by atoms with van der Waals surface area (Å²) in [5.41, 5.74) is 0.847. The number of fused-ring (bicyclic) bond motifs is 3. The number of nitrogens with zero attached hydrogens (tertiary/aromatic N) is 4. The van der Waals surface area contributed by atoms with Crippen LogP contribution < -0.4 is 5.32 Å². The molecule has 150 valence electrons. The Morgan fingerprint density at radius 3 is 2.90 bits per heavy atom. The number of anilines is 1. The van der Waals surface area contributed by atoms with E-state index in [2.05, 4.69) is 20.3 Å². The van der Waals surface area contributed by atoms with E-state index in [-0.39, 0.29) is 5.91 Å². The summed E-state index contributed by atoms with van der Waals surface area (Å²) < 4.78 is 13.8. The summed E-state index contributed by atoms with van der Waals surface area (Å²) in [6.07, 6.45) is 2.51. The molecule has 2 bridgehead atoms. The van der Waals surface area contributed by atoms with Gasteiger partial charge in [-0.15, -0.1) is 0 Å². The first-order valence-corrected chi connectivity index (χ1v) is 9.64. The van der Waals surface area contributed by atoms with Gasteiger partial charge in [0.05, 0.1) is 12.9 Å². The maximum absolute atomic E-state index is 12.5. The number of nitrogens with one attached hydrogen (secondary N) is 1. The van der Waals surface area contributed by atoms with Crippen LogP contribution in [0.4, 0.5) is 5.82 Å². The van der Waals surface area contributed by atoms with E-state index in [0.29, 0.717) is 42.0 Å². The summed E-state index contributed by atoms with van der Waals surface area (Å²) in [6, 6.07) is 8.88. The molecule has 5 rings (SSSR count). The van der Waals surface area contributed by atoms with Crippen molar-refractivity contribution in [2.45, 2.75) is 43.8 Å². The molecule has 9 nitrogen and oxygen atoms in total. The standard InChI is InChI=1S/C20H21N5O4/c1-2-20-8-9-28-14(15(20)26)19(29-20)25-11-23-13-16(21-10-22-17(13)25)24-18(27)12-6-4-3-5-7-12/h3-7,10-11,14-15,19,26H,2,8-9H2,1H3,(H,21,22,24,27)/t14?,15-,19-,20+/m1/s1. The average molecular weight is 395 g/mol. The van der Waals surface area contributed by atoms with Gasteiger partial charge in [0, 0.05) is 12.0 Å². The predicted molar refractivity (Wildman–Crippen MR) is 103 cm³/mol. The van der Waals surface area contributed by atoms with Gasteiger partial charge in [-0.3, -0.25) is 9.36 Å². The molecule has 2 fully saturated rings. The van der Waals surface area contributed by atoms with E-state index in [0.717, 1.165) is 0 Å². The van der Waals surface area contributed by atoms with Crippen molar-refractivity contribution in [2.24, 2.45) is 0 Å². The number of aromatic nitrogens is 4. The van der Waals surface area contributed by atoms with Gasteiger partial charge in [-0.1, -0.05) is 25.1 Å². The number of hydrogen-bond donors (Lipinski definition) is 2. The van der Waals surface area contributed by atoms with Crippen molar-refractivity contribution in [1.29, 1.82) is 0 Å². The zero-order valence-electron chi connectivity index (χ0n) is 15.9. The smallest absolute Gasteiger partial charge is 0.256 e. The third kappa shape index (κ3) is 2.81. The summed E-state index contributed by atoms with van der Waals surface area (Å²) in [6.45, 7) is 2.53. The van der Waals surface area contributed by atoms with E-state index in [1.807, 2.05) is 13.0 Å². The zero-order valence-corrected chi connectivity index (χ0v) is 15.9. The number of rotatable bonds is 4. The average Bonchev–Trinajstić information content (AvgIpc) is 3.22. The van der Waals surface area contributed by atoms with E-state index < -0.39 is 24.0 Å². The van der Waals surface area contributed by atoms with Gasteiger partial charge in [-0.25, -0.2) is 15.0 Å². The first kappa shape index (κ1) is 18.2. The maximum atomic E-state index is 12.5. The molecule has 9 heteroatoms. The SMILES string of the molecule is CC[C@@]12CCOC([C@H](n3cnc4c(NC(=O)c5ccccc5)ncnc43)O1)[C@H]2O. The van der Waals surface area contributed by atoms with E-state index in [4.69, 9.17) is 9.47 Å². The molecule has 1 unspecified atom stereocenters. The van der Waals surface area contributed by atoms with E-state index >= 15 is 0 Å². The number of ether oxygens (including phenoxy) is 2. The number of carbonyl (C=O) groups excluding carboxylic acids is 1. The van der Waals surface area contributed by atoms with Crippen LogP contribution in [-0.4, -0.2) is 54.9 Å². The highest BCUT2D eigenvalue weighted by Gasteiger charge is 2.57. The van der Waals surface area contributed by atoms with Crippen LogP contribution in [0, 0.1) is 0 Å². The van der Waals surface area contributed by atoms with Gasteiger partial charge in [-0.05, 0) is 18.6 Å². The van der Waals surface area contributed by atoms with Gasteiger partial charge in [0.1, 0.15) is 24.1 Å². The van der Waals surface area contributed by atoms with Crippen LogP contribution in [0.5, 0.6) is 0 Å². The van der Waals surface area contributed by atoms with Crippen molar-refractivity contribution in [1.82, 2.24) is 19.5 Å². The highest BCUT2D eigenvalue weighted by Crippen LogP contribution is 2.46. The lowest BCUT2D eigenvalue weighted by atomic mass is 9.87. The lowest BCUT2D eigenvalue weighted by Gasteiger charge is -2.34. The van der Waals surface area contributed by atoms with Gasteiger partial charge >= 0.3 is 0 Å². The molecule has 0 radical (unpaired) electrons. The van der Waals surface area contributed by atoms with Crippen LogP contribution in [-0.2, 0) is 9.47 Å². The van der Waals surface area contributed by atoms with Crippen molar-refractivity contribution in [2.75, 3.05) is 11.9 Å². The molecule has 4 atom stereocenters.